The largest absolute Gasteiger partial charge is 0.399 e. The lowest BCUT2D eigenvalue weighted by Gasteiger charge is -2.10. The van der Waals surface area contributed by atoms with E-state index in [1.54, 1.807) is 19.2 Å². The first kappa shape index (κ1) is 15.7. The molecule has 22 heavy (non-hydrogen) atoms. The predicted octanol–water partition coefficient (Wildman–Crippen LogP) is 0.665. The van der Waals surface area contributed by atoms with E-state index in [9.17, 15) is 4.79 Å². The van der Waals surface area contributed by atoms with Crippen molar-refractivity contribution in [1.29, 1.82) is 0 Å². The molecule has 1 aromatic carbocycles. The minimum absolute atomic E-state index is 0.144. The van der Waals surface area contributed by atoms with E-state index in [2.05, 4.69) is 25.9 Å². The standard InChI is InChI=1S/C15H22N6O/c1-3-18-15(17-2)20-7-6-19-14(22)13-9-10-8-11(16)4-5-12(10)21-13/h4-5,8-9,21H,3,6-7,16H2,1-2H3,(H,19,22)(H2,17,18,20). The van der Waals surface area contributed by atoms with Crippen molar-refractivity contribution in [3.05, 3.63) is 30.0 Å². The van der Waals surface area contributed by atoms with Crippen LogP contribution in [-0.2, 0) is 0 Å². The maximum Gasteiger partial charge on any atom is 0.267 e. The van der Waals surface area contributed by atoms with Gasteiger partial charge in [-0.2, -0.15) is 0 Å². The summed E-state index contributed by atoms with van der Waals surface area (Å²) in [6.07, 6.45) is 0. The lowest BCUT2D eigenvalue weighted by Crippen LogP contribution is -2.41. The molecule has 0 spiro atoms. The molecule has 0 bridgehead atoms. The van der Waals surface area contributed by atoms with Gasteiger partial charge in [0.25, 0.3) is 5.91 Å². The van der Waals surface area contributed by atoms with Crippen LogP contribution >= 0.6 is 0 Å². The van der Waals surface area contributed by atoms with E-state index in [0.29, 0.717) is 24.5 Å². The fourth-order valence-corrected chi connectivity index (χ4v) is 2.11. The number of guanidine groups is 1. The van der Waals surface area contributed by atoms with Crippen LogP contribution in [0.3, 0.4) is 0 Å². The Morgan fingerprint density at radius 1 is 1.23 bits per heavy atom. The highest BCUT2D eigenvalue weighted by Crippen LogP contribution is 2.18. The van der Waals surface area contributed by atoms with Crippen LogP contribution < -0.4 is 21.7 Å². The third kappa shape index (κ3) is 3.91. The minimum atomic E-state index is -0.144. The molecule has 1 heterocycles. The molecule has 7 heteroatoms. The van der Waals surface area contributed by atoms with Crippen LogP contribution in [0.1, 0.15) is 17.4 Å². The number of nitrogens with one attached hydrogen (secondary N) is 4. The number of aliphatic imine (C=N–C) groups is 1. The lowest BCUT2D eigenvalue weighted by atomic mass is 10.2. The molecule has 2 rings (SSSR count). The monoisotopic (exact) mass is 302 g/mol. The summed E-state index contributed by atoms with van der Waals surface area (Å²) in [4.78, 5) is 19.2. The smallest absolute Gasteiger partial charge is 0.267 e. The zero-order valence-electron chi connectivity index (χ0n) is 12.9. The van der Waals surface area contributed by atoms with E-state index in [0.717, 1.165) is 23.4 Å². The fourth-order valence-electron chi connectivity index (χ4n) is 2.11. The van der Waals surface area contributed by atoms with Crippen LogP contribution in [0.25, 0.3) is 10.9 Å². The second-order valence-electron chi connectivity index (χ2n) is 4.81. The number of anilines is 1. The van der Waals surface area contributed by atoms with Crippen molar-refractivity contribution in [1.82, 2.24) is 20.9 Å². The molecular weight excluding hydrogens is 280 g/mol. The number of nitrogen functional groups attached to an aromatic ring is 1. The van der Waals surface area contributed by atoms with Gasteiger partial charge < -0.3 is 26.7 Å². The van der Waals surface area contributed by atoms with E-state index in [1.807, 2.05) is 19.1 Å². The van der Waals surface area contributed by atoms with Gasteiger partial charge in [-0.05, 0) is 31.2 Å². The summed E-state index contributed by atoms with van der Waals surface area (Å²) in [6, 6.07) is 7.30. The number of amides is 1. The number of carbonyl (C=O) groups excluding carboxylic acids is 1. The zero-order chi connectivity index (χ0) is 15.9. The third-order valence-corrected chi connectivity index (χ3v) is 3.16. The van der Waals surface area contributed by atoms with Gasteiger partial charge in [-0.1, -0.05) is 0 Å². The van der Waals surface area contributed by atoms with Gasteiger partial charge in [-0.25, -0.2) is 0 Å². The number of aromatic nitrogens is 1. The molecule has 0 aliphatic carbocycles. The van der Waals surface area contributed by atoms with Crippen molar-refractivity contribution >= 4 is 28.5 Å². The Labute approximate surface area is 129 Å². The maximum absolute atomic E-state index is 12.1. The number of carbonyl (C=O) groups is 1. The molecule has 0 aliphatic rings. The number of hydrogen-bond acceptors (Lipinski definition) is 3. The number of benzene rings is 1. The summed E-state index contributed by atoms with van der Waals surface area (Å²) in [5, 5.41) is 9.97. The summed E-state index contributed by atoms with van der Waals surface area (Å²) in [7, 11) is 1.71. The SMILES string of the molecule is CCNC(=NC)NCCNC(=O)c1cc2cc(N)ccc2[nH]1. The van der Waals surface area contributed by atoms with Crippen molar-refractivity contribution < 1.29 is 4.79 Å². The van der Waals surface area contributed by atoms with Gasteiger partial charge in [0.05, 0.1) is 0 Å². The topological polar surface area (TPSA) is 107 Å². The van der Waals surface area contributed by atoms with Crippen molar-refractivity contribution in [3.63, 3.8) is 0 Å². The molecule has 0 saturated heterocycles. The number of fused-ring (bicyclic) bond motifs is 1. The molecule has 0 unspecified atom stereocenters. The van der Waals surface area contributed by atoms with Gasteiger partial charge in [-0.3, -0.25) is 9.79 Å². The quantitative estimate of drug-likeness (QED) is 0.242. The molecule has 0 fully saturated rings. The van der Waals surface area contributed by atoms with Gasteiger partial charge in [0, 0.05) is 43.3 Å². The van der Waals surface area contributed by atoms with Gasteiger partial charge in [-0.15, -0.1) is 0 Å². The number of nitrogens with two attached hydrogens (primary N) is 1. The van der Waals surface area contributed by atoms with Crippen LogP contribution in [0.5, 0.6) is 0 Å². The van der Waals surface area contributed by atoms with Crippen LogP contribution in [0.2, 0.25) is 0 Å². The molecule has 0 radical (unpaired) electrons. The summed E-state index contributed by atoms with van der Waals surface area (Å²) < 4.78 is 0. The van der Waals surface area contributed by atoms with Crippen molar-refractivity contribution in [2.24, 2.45) is 4.99 Å². The second kappa shape index (κ2) is 7.35. The first-order chi connectivity index (χ1) is 10.6. The lowest BCUT2D eigenvalue weighted by molar-refractivity contribution is 0.0950. The Morgan fingerprint density at radius 3 is 2.73 bits per heavy atom. The number of H-pyrrole nitrogens is 1. The molecule has 118 valence electrons. The summed E-state index contributed by atoms with van der Waals surface area (Å²) in [6.45, 7) is 3.89. The van der Waals surface area contributed by atoms with Crippen molar-refractivity contribution in [3.8, 4) is 0 Å². The summed E-state index contributed by atoms with van der Waals surface area (Å²) in [5.41, 5.74) is 7.83. The molecule has 0 atom stereocenters. The average Bonchev–Trinajstić information content (AvgIpc) is 2.93. The molecular formula is C15H22N6O. The van der Waals surface area contributed by atoms with Gasteiger partial charge >= 0.3 is 0 Å². The van der Waals surface area contributed by atoms with Gasteiger partial charge in [0.15, 0.2) is 5.96 Å². The van der Waals surface area contributed by atoms with Crippen LogP contribution in [0, 0.1) is 0 Å². The summed E-state index contributed by atoms with van der Waals surface area (Å²) >= 11 is 0. The Balaban J connectivity index is 1.86. The predicted molar refractivity (Wildman–Crippen MR) is 90.1 cm³/mol. The van der Waals surface area contributed by atoms with Gasteiger partial charge in [0.1, 0.15) is 5.69 Å². The second-order valence-corrected chi connectivity index (χ2v) is 4.81. The van der Waals surface area contributed by atoms with E-state index < -0.39 is 0 Å². The third-order valence-electron chi connectivity index (χ3n) is 3.16. The normalized spacial score (nSPS) is 11.5. The van der Waals surface area contributed by atoms with Crippen LogP contribution in [0.4, 0.5) is 5.69 Å². The molecule has 6 N–H and O–H groups in total. The molecule has 0 aliphatic heterocycles. The molecule has 2 aromatic rings. The van der Waals surface area contributed by atoms with Gasteiger partial charge in [0.2, 0.25) is 0 Å². The Bertz CT molecular complexity index is 676. The van der Waals surface area contributed by atoms with Crippen LogP contribution in [0.15, 0.2) is 29.3 Å². The number of aromatic amines is 1. The highest BCUT2D eigenvalue weighted by atomic mass is 16.1. The number of nitrogens with zero attached hydrogens (tertiary/aromatic N) is 1. The molecule has 1 amide bonds. The average molecular weight is 302 g/mol. The summed E-state index contributed by atoms with van der Waals surface area (Å²) in [5.74, 6) is 0.577. The number of hydrogen-bond donors (Lipinski definition) is 5. The highest BCUT2D eigenvalue weighted by Gasteiger charge is 2.09. The van der Waals surface area contributed by atoms with E-state index in [4.69, 9.17) is 5.73 Å². The Hall–Kier alpha value is -2.70. The van der Waals surface area contributed by atoms with E-state index in [-0.39, 0.29) is 5.91 Å². The van der Waals surface area contributed by atoms with Crippen molar-refractivity contribution in [2.75, 3.05) is 32.4 Å². The first-order valence-electron chi connectivity index (χ1n) is 7.25. The molecule has 7 nitrogen and oxygen atoms in total. The molecule has 0 saturated carbocycles. The fraction of sp³-hybridized carbons (Fsp3) is 0.333. The molecule has 1 aromatic heterocycles. The Morgan fingerprint density at radius 2 is 2.00 bits per heavy atom. The van der Waals surface area contributed by atoms with E-state index >= 15 is 0 Å². The number of rotatable bonds is 5. The van der Waals surface area contributed by atoms with E-state index in [1.165, 1.54) is 0 Å². The first-order valence-corrected chi connectivity index (χ1v) is 7.25. The maximum atomic E-state index is 12.1. The highest BCUT2D eigenvalue weighted by molar-refractivity contribution is 5.98. The van der Waals surface area contributed by atoms with Crippen molar-refractivity contribution in [2.45, 2.75) is 6.92 Å². The minimum Gasteiger partial charge on any atom is -0.399 e. The zero-order valence-corrected chi connectivity index (χ0v) is 12.9. The van der Waals surface area contributed by atoms with Crippen LogP contribution in [-0.4, -0.2) is 43.5 Å². The Kier molecular flexibility index (Phi) is 5.24.